The van der Waals surface area contributed by atoms with Gasteiger partial charge < -0.3 is 15.5 Å². The summed E-state index contributed by atoms with van der Waals surface area (Å²) in [5.41, 5.74) is 2.51. The van der Waals surface area contributed by atoms with E-state index in [9.17, 15) is 9.59 Å². The van der Waals surface area contributed by atoms with E-state index in [2.05, 4.69) is 20.8 Å². The van der Waals surface area contributed by atoms with E-state index in [1.54, 1.807) is 22.1 Å². The van der Waals surface area contributed by atoms with Crippen molar-refractivity contribution in [3.63, 3.8) is 0 Å². The first-order valence-electron chi connectivity index (χ1n) is 8.37. The molecule has 1 fully saturated rings. The molecular weight excluding hydrogens is 320 g/mol. The highest BCUT2D eigenvalue weighted by Crippen LogP contribution is 2.19. The summed E-state index contributed by atoms with van der Waals surface area (Å²) in [6.07, 6.45) is 4.47. The molecule has 0 bridgehead atoms. The van der Waals surface area contributed by atoms with Gasteiger partial charge in [0, 0.05) is 25.2 Å². The number of rotatable bonds is 5. The lowest BCUT2D eigenvalue weighted by atomic mass is 10.2. The summed E-state index contributed by atoms with van der Waals surface area (Å²) in [6.45, 7) is 5.26. The maximum Gasteiger partial charge on any atom is 0.319 e. The summed E-state index contributed by atoms with van der Waals surface area (Å²) in [7, 11) is 0. The zero-order chi connectivity index (χ0) is 17.8. The van der Waals surface area contributed by atoms with Gasteiger partial charge in [-0.15, -0.1) is 10.2 Å². The van der Waals surface area contributed by atoms with Crippen LogP contribution in [0.5, 0.6) is 0 Å². The van der Waals surface area contributed by atoms with Crippen LogP contribution in [0.1, 0.15) is 25.3 Å². The molecule has 1 aromatic heterocycles. The lowest BCUT2D eigenvalue weighted by Crippen LogP contribution is -2.39. The van der Waals surface area contributed by atoms with Crippen LogP contribution < -0.4 is 10.6 Å². The highest BCUT2D eigenvalue weighted by Gasteiger charge is 2.29. The molecule has 3 amide bonds. The quantitative estimate of drug-likeness (QED) is 0.865. The SMILES string of the molecule is CCCN1CC(NC(=O)Nc2cc(-n3cnnc3)ccc2C)CC1=O. The van der Waals surface area contributed by atoms with Crippen molar-refractivity contribution in [3.8, 4) is 5.69 Å². The summed E-state index contributed by atoms with van der Waals surface area (Å²) in [5.74, 6) is 0.0953. The normalized spacial score (nSPS) is 17.0. The number of nitrogens with zero attached hydrogens (tertiary/aromatic N) is 4. The lowest BCUT2D eigenvalue weighted by molar-refractivity contribution is -0.127. The second-order valence-electron chi connectivity index (χ2n) is 6.21. The number of hydrogen-bond donors (Lipinski definition) is 2. The molecule has 2 aromatic rings. The molecule has 1 atom stereocenters. The molecule has 0 aliphatic carbocycles. The number of benzene rings is 1. The van der Waals surface area contributed by atoms with Gasteiger partial charge in [0.25, 0.3) is 0 Å². The number of amides is 3. The number of urea groups is 1. The molecule has 2 heterocycles. The molecule has 8 nitrogen and oxygen atoms in total. The number of carbonyl (C=O) groups is 2. The van der Waals surface area contributed by atoms with Crippen LogP contribution >= 0.6 is 0 Å². The van der Waals surface area contributed by atoms with E-state index in [0.717, 1.165) is 24.2 Å². The van der Waals surface area contributed by atoms with E-state index in [0.29, 0.717) is 18.7 Å². The largest absolute Gasteiger partial charge is 0.341 e. The molecule has 1 aliphatic rings. The number of carbonyl (C=O) groups excluding carboxylic acids is 2. The molecule has 25 heavy (non-hydrogen) atoms. The predicted molar refractivity (Wildman–Crippen MR) is 93.5 cm³/mol. The molecule has 3 rings (SSSR count). The Hall–Kier alpha value is -2.90. The van der Waals surface area contributed by atoms with E-state index in [1.165, 1.54) is 0 Å². The number of aromatic nitrogens is 3. The van der Waals surface area contributed by atoms with Crippen molar-refractivity contribution < 1.29 is 9.59 Å². The van der Waals surface area contributed by atoms with Gasteiger partial charge >= 0.3 is 6.03 Å². The van der Waals surface area contributed by atoms with Crippen molar-refractivity contribution in [3.05, 3.63) is 36.4 Å². The van der Waals surface area contributed by atoms with Crippen molar-refractivity contribution in [1.29, 1.82) is 0 Å². The third kappa shape index (κ3) is 3.96. The molecule has 1 unspecified atom stereocenters. The molecule has 0 radical (unpaired) electrons. The van der Waals surface area contributed by atoms with Crippen molar-refractivity contribution in [2.24, 2.45) is 0 Å². The fraction of sp³-hybridized carbons (Fsp3) is 0.412. The van der Waals surface area contributed by atoms with Gasteiger partial charge in [0.2, 0.25) is 5.91 Å². The summed E-state index contributed by atoms with van der Waals surface area (Å²) in [5, 5.41) is 13.3. The monoisotopic (exact) mass is 342 g/mol. The van der Waals surface area contributed by atoms with Gasteiger partial charge in [0.05, 0.1) is 11.7 Å². The van der Waals surface area contributed by atoms with Crippen molar-refractivity contribution in [2.75, 3.05) is 18.4 Å². The van der Waals surface area contributed by atoms with E-state index < -0.39 is 0 Å². The lowest BCUT2D eigenvalue weighted by Gasteiger charge is -2.17. The van der Waals surface area contributed by atoms with Gasteiger partial charge in [-0.3, -0.25) is 9.36 Å². The Morgan fingerprint density at radius 3 is 2.80 bits per heavy atom. The van der Waals surface area contributed by atoms with Gasteiger partial charge in [0.15, 0.2) is 0 Å². The minimum Gasteiger partial charge on any atom is -0.341 e. The van der Waals surface area contributed by atoms with Gasteiger partial charge in [0.1, 0.15) is 12.7 Å². The minimum absolute atomic E-state index is 0.0953. The summed E-state index contributed by atoms with van der Waals surface area (Å²) in [4.78, 5) is 26.0. The molecule has 0 saturated carbocycles. The number of anilines is 1. The molecule has 1 aromatic carbocycles. The van der Waals surface area contributed by atoms with Crippen molar-refractivity contribution in [2.45, 2.75) is 32.7 Å². The van der Waals surface area contributed by atoms with E-state index in [1.807, 2.05) is 32.0 Å². The van der Waals surface area contributed by atoms with Crippen LogP contribution in [0.4, 0.5) is 10.5 Å². The molecule has 2 N–H and O–H groups in total. The van der Waals surface area contributed by atoms with Crippen LogP contribution in [0.2, 0.25) is 0 Å². The van der Waals surface area contributed by atoms with E-state index in [-0.39, 0.29) is 18.0 Å². The van der Waals surface area contributed by atoms with Crippen LogP contribution in [0.15, 0.2) is 30.9 Å². The topological polar surface area (TPSA) is 92.2 Å². The average Bonchev–Trinajstić information content (AvgIpc) is 3.21. The van der Waals surface area contributed by atoms with Crippen molar-refractivity contribution >= 4 is 17.6 Å². The maximum absolute atomic E-state index is 12.3. The highest BCUT2D eigenvalue weighted by molar-refractivity contribution is 5.91. The predicted octanol–water partition coefficient (Wildman–Crippen LogP) is 1.71. The Bertz CT molecular complexity index is 759. The van der Waals surface area contributed by atoms with Gasteiger partial charge in [-0.1, -0.05) is 13.0 Å². The average molecular weight is 342 g/mol. The Kier molecular flexibility index (Phi) is 4.97. The first-order valence-corrected chi connectivity index (χ1v) is 8.37. The Balaban J connectivity index is 1.63. The molecular formula is C17H22N6O2. The smallest absolute Gasteiger partial charge is 0.319 e. The molecule has 8 heteroatoms. The molecule has 1 aliphatic heterocycles. The van der Waals surface area contributed by atoms with Crippen LogP contribution in [0.3, 0.4) is 0 Å². The number of hydrogen-bond acceptors (Lipinski definition) is 4. The Morgan fingerprint density at radius 2 is 2.08 bits per heavy atom. The highest BCUT2D eigenvalue weighted by atomic mass is 16.2. The number of nitrogens with one attached hydrogen (secondary N) is 2. The Morgan fingerprint density at radius 1 is 1.32 bits per heavy atom. The molecule has 0 spiro atoms. The third-order valence-corrected chi connectivity index (χ3v) is 4.23. The second kappa shape index (κ2) is 7.33. The number of likely N-dealkylation sites (tertiary alicyclic amines) is 1. The first kappa shape index (κ1) is 16.9. The van der Waals surface area contributed by atoms with Crippen LogP contribution in [-0.4, -0.2) is 50.7 Å². The molecule has 1 saturated heterocycles. The van der Waals surface area contributed by atoms with Gasteiger partial charge in [-0.05, 0) is 31.0 Å². The standard InChI is InChI=1S/C17H22N6O2/c1-3-6-22-9-13(7-16(22)24)20-17(25)21-15-8-14(5-4-12(15)2)23-10-18-19-11-23/h4-5,8,10-11,13H,3,6-7,9H2,1-2H3,(H2,20,21,25). The van der Waals surface area contributed by atoms with Gasteiger partial charge in [-0.2, -0.15) is 0 Å². The second-order valence-corrected chi connectivity index (χ2v) is 6.21. The van der Waals surface area contributed by atoms with Crippen LogP contribution in [0.25, 0.3) is 5.69 Å². The summed E-state index contributed by atoms with van der Waals surface area (Å²) < 4.78 is 1.76. The van der Waals surface area contributed by atoms with Crippen LogP contribution in [-0.2, 0) is 4.79 Å². The maximum atomic E-state index is 12.3. The van der Waals surface area contributed by atoms with E-state index >= 15 is 0 Å². The Labute approximate surface area is 146 Å². The first-order chi connectivity index (χ1) is 12.1. The van der Waals surface area contributed by atoms with Gasteiger partial charge in [-0.25, -0.2) is 4.79 Å². The fourth-order valence-corrected chi connectivity index (χ4v) is 2.94. The zero-order valence-corrected chi connectivity index (χ0v) is 14.4. The summed E-state index contributed by atoms with van der Waals surface area (Å²) >= 11 is 0. The number of aryl methyl sites for hydroxylation is 1. The summed E-state index contributed by atoms with van der Waals surface area (Å²) in [6, 6.07) is 5.26. The zero-order valence-electron chi connectivity index (χ0n) is 14.4. The van der Waals surface area contributed by atoms with Crippen molar-refractivity contribution in [1.82, 2.24) is 25.0 Å². The third-order valence-electron chi connectivity index (χ3n) is 4.23. The van der Waals surface area contributed by atoms with E-state index in [4.69, 9.17) is 0 Å². The minimum atomic E-state index is -0.305. The fourth-order valence-electron chi connectivity index (χ4n) is 2.94. The molecule has 132 valence electrons. The van der Waals surface area contributed by atoms with Crippen LogP contribution in [0, 0.1) is 6.92 Å².